The molecule has 1 aliphatic heterocycles. The molecule has 1 aliphatic rings. The third-order valence-corrected chi connectivity index (χ3v) is 6.08. The fourth-order valence-electron chi connectivity index (χ4n) is 3.13. The molecule has 0 radical (unpaired) electrons. The lowest BCUT2D eigenvalue weighted by atomic mass is 10.1. The first-order valence-electron chi connectivity index (χ1n) is 7.71. The number of sulfone groups is 1. The minimum atomic E-state index is -3.59. The molecule has 0 spiro atoms. The van der Waals surface area contributed by atoms with Crippen molar-refractivity contribution < 1.29 is 12.8 Å². The van der Waals surface area contributed by atoms with Crippen LogP contribution in [0.1, 0.15) is 16.9 Å². The predicted molar refractivity (Wildman–Crippen MR) is 93.1 cm³/mol. The van der Waals surface area contributed by atoms with Crippen molar-refractivity contribution in [2.45, 2.75) is 30.6 Å². The Morgan fingerprint density at radius 2 is 1.62 bits per heavy atom. The first-order valence-corrected chi connectivity index (χ1v) is 9.20. The summed E-state index contributed by atoms with van der Waals surface area (Å²) in [7, 11) is -3.59. The van der Waals surface area contributed by atoms with Crippen LogP contribution in [0.3, 0.4) is 0 Å². The molecule has 122 valence electrons. The summed E-state index contributed by atoms with van der Waals surface area (Å²) >= 11 is 0. The van der Waals surface area contributed by atoms with Gasteiger partial charge in [0.2, 0.25) is 15.7 Å². The van der Waals surface area contributed by atoms with Crippen molar-refractivity contribution in [2.75, 3.05) is 4.90 Å². The van der Waals surface area contributed by atoms with Gasteiger partial charge < -0.3 is 4.42 Å². The molecule has 2 heterocycles. The molecule has 0 amide bonds. The van der Waals surface area contributed by atoms with Gasteiger partial charge in [-0.25, -0.2) is 8.42 Å². The number of hydrogen-bond acceptors (Lipinski definition) is 4. The van der Waals surface area contributed by atoms with Crippen molar-refractivity contribution in [2.24, 2.45) is 0 Å². The number of furan rings is 1. The maximum Gasteiger partial charge on any atom is 0.223 e. The summed E-state index contributed by atoms with van der Waals surface area (Å²) in [5.74, 6) is 0.935. The summed E-state index contributed by atoms with van der Waals surface area (Å²) < 4.78 is 31.9. The van der Waals surface area contributed by atoms with E-state index >= 15 is 0 Å². The Balaban J connectivity index is 2.11. The van der Waals surface area contributed by atoms with Gasteiger partial charge in [-0.15, -0.1) is 0 Å². The van der Waals surface area contributed by atoms with Crippen LogP contribution in [-0.2, 0) is 9.84 Å². The van der Waals surface area contributed by atoms with Crippen LogP contribution in [0.4, 0.5) is 17.3 Å². The van der Waals surface area contributed by atoms with E-state index in [1.54, 1.807) is 19.1 Å². The van der Waals surface area contributed by atoms with Gasteiger partial charge in [-0.05, 0) is 50.1 Å². The second kappa shape index (κ2) is 4.98. The predicted octanol–water partition coefficient (Wildman–Crippen LogP) is 4.82. The average molecular weight is 339 g/mol. The molecule has 0 aliphatic carbocycles. The second-order valence-corrected chi connectivity index (χ2v) is 8.01. The SMILES string of the molecule is Cc1ccc2c(c1)S(=O)(=O)c1cc(C)oc1N2c1ccccc1C. The molecule has 0 atom stereocenters. The summed E-state index contributed by atoms with van der Waals surface area (Å²) in [5, 5.41) is 0. The number of hydrogen-bond donors (Lipinski definition) is 0. The van der Waals surface area contributed by atoms with Gasteiger partial charge in [-0.2, -0.15) is 0 Å². The molecule has 5 heteroatoms. The Morgan fingerprint density at radius 3 is 2.38 bits per heavy atom. The lowest BCUT2D eigenvalue weighted by Crippen LogP contribution is -2.21. The quantitative estimate of drug-likeness (QED) is 0.499. The zero-order valence-corrected chi connectivity index (χ0v) is 14.5. The Bertz CT molecular complexity index is 1060. The number of para-hydroxylation sites is 1. The van der Waals surface area contributed by atoms with Gasteiger partial charge in [0.25, 0.3) is 0 Å². The highest BCUT2D eigenvalue weighted by atomic mass is 32.2. The highest BCUT2D eigenvalue weighted by molar-refractivity contribution is 7.92. The zero-order chi connectivity index (χ0) is 17.1. The van der Waals surface area contributed by atoms with E-state index < -0.39 is 9.84 Å². The van der Waals surface area contributed by atoms with E-state index in [1.165, 1.54) is 0 Å². The van der Waals surface area contributed by atoms with Gasteiger partial charge in [0.05, 0.1) is 16.3 Å². The van der Waals surface area contributed by atoms with Crippen LogP contribution >= 0.6 is 0 Å². The molecule has 0 unspecified atom stereocenters. The molecule has 2 aromatic carbocycles. The zero-order valence-electron chi connectivity index (χ0n) is 13.7. The van der Waals surface area contributed by atoms with E-state index in [4.69, 9.17) is 4.42 Å². The third-order valence-electron chi connectivity index (χ3n) is 4.30. The minimum absolute atomic E-state index is 0.223. The lowest BCUT2D eigenvalue weighted by Gasteiger charge is -2.30. The van der Waals surface area contributed by atoms with Crippen molar-refractivity contribution in [3.63, 3.8) is 0 Å². The fourth-order valence-corrected chi connectivity index (χ4v) is 4.83. The van der Waals surface area contributed by atoms with E-state index in [9.17, 15) is 8.42 Å². The normalized spacial score (nSPS) is 15.0. The molecule has 0 bridgehead atoms. The standard InChI is InChI=1S/C19H17NO3S/c1-12-8-9-16-17(10-12)24(21,22)18-11-14(3)23-19(18)20(16)15-7-5-4-6-13(15)2/h4-11H,1-3H3. The van der Waals surface area contributed by atoms with Crippen LogP contribution in [-0.4, -0.2) is 8.42 Å². The highest BCUT2D eigenvalue weighted by Crippen LogP contribution is 2.49. The van der Waals surface area contributed by atoms with Crippen LogP contribution in [0.2, 0.25) is 0 Å². The second-order valence-electron chi connectivity index (χ2n) is 6.12. The smallest absolute Gasteiger partial charge is 0.223 e. The topological polar surface area (TPSA) is 50.5 Å². The van der Waals surface area contributed by atoms with Crippen molar-refractivity contribution >= 4 is 27.1 Å². The molecule has 24 heavy (non-hydrogen) atoms. The third kappa shape index (κ3) is 2.01. The minimum Gasteiger partial charge on any atom is -0.444 e. The summed E-state index contributed by atoms with van der Waals surface area (Å²) in [6.07, 6.45) is 0. The Hall–Kier alpha value is -2.53. The number of nitrogens with zero attached hydrogens (tertiary/aromatic N) is 1. The maximum absolute atomic E-state index is 13.0. The van der Waals surface area contributed by atoms with E-state index in [2.05, 4.69) is 0 Å². The first-order chi connectivity index (χ1) is 11.4. The van der Waals surface area contributed by atoms with Gasteiger partial charge in [-0.3, -0.25) is 4.90 Å². The first kappa shape index (κ1) is 15.0. The van der Waals surface area contributed by atoms with Crippen molar-refractivity contribution in [1.82, 2.24) is 0 Å². The number of aryl methyl sites for hydroxylation is 3. The van der Waals surface area contributed by atoms with Gasteiger partial charge in [0.1, 0.15) is 10.7 Å². The van der Waals surface area contributed by atoms with Crippen molar-refractivity contribution in [1.29, 1.82) is 0 Å². The van der Waals surface area contributed by atoms with Gasteiger partial charge in [0.15, 0.2) is 0 Å². The largest absolute Gasteiger partial charge is 0.444 e. The summed E-state index contributed by atoms with van der Waals surface area (Å²) in [4.78, 5) is 2.44. The van der Waals surface area contributed by atoms with Gasteiger partial charge >= 0.3 is 0 Å². The number of benzene rings is 2. The molecular weight excluding hydrogens is 322 g/mol. The van der Waals surface area contributed by atoms with Gasteiger partial charge in [0, 0.05) is 6.07 Å². The summed E-state index contributed by atoms with van der Waals surface area (Å²) in [5.41, 5.74) is 3.49. The van der Waals surface area contributed by atoms with E-state index in [0.717, 1.165) is 16.8 Å². The molecule has 0 N–H and O–H groups in total. The molecule has 0 fully saturated rings. The van der Waals surface area contributed by atoms with Crippen molar-refractivity contribution in [3.05, 3.63) is 65.4 Å². The monoisotopic (exact) mass is 339 g/mol. The van der Waals surface area contributed by atoms with Crippen LogP contribution in [0.5, 0.6) is 0 Å². The molecular formula is C19H17NO3S. The molecule has 0 saturated heterocycles. The van der Waals surface area contributed by atoms with Crippen molar-refractivity contribution in [3.8, 4) is 0 Å². The number of anilines is 3. The molecule has 1 aromatic heterocycles. The summed E-state index contributed by atoms with van der Waals surface area (Å²) in [6.45, 7) is 5.66. The molecule has 4 nitrogen and oxygen atoms in total. The van der Waals surface area contributed by atoms with E-state index in [1.807, 2.05) is 55.1 Å². The van der Waals surface area contributed by atoms with E-state index in [0.29, 0.717) is 22.2 Å². The van der Waals surface area contributed by atoms with Crippen LogP contribution in [0.25, 0.3) is 0 Å². The summed E-state index contributed by atoms with van der Waals surface area (Å²) in [6, 6.07) is 15.0. The average Bonchev–Trinajstić information content (AvgIpc) is 2.93. The lowest BCUT2D eigenvalue weighted by molar-refractivity contribution is 0.532. The number of rotatable bonds is 1. The van der Waals surface area contributed by atoms with Gasteiger partial charge in [-0.1, -0.05) is 24.3 Å². The fraction of sp³-hybridized carbons (Fsp3) is 0.158. The molecule has 4 rings (SSSR count). The van der Waals surface area contributed by atoms with Crippen LogP contribution < -0.4 is 4.90 Å². The van der Waals surface area contributed by atoms with Crippen LogP contribution in [0.15, 0.2) is 62.7 Å². The Labute approximate surface area is 141 Å². The number of fused-ring (bicyclic) bond motifs is 2. The van der Waals surface area contributed by atoms with E-state index in [-0.39, 0.29) is 4.90 Å². The Kier molecular flexibility index (Phi) is 3.12. The molecule has 0 saturated carbocycles. The highest BCUT2D eigenvalue weighted by Gasteiger charge is 2.38. The molecule has 3 aromatic rings. The maximum atomic E-state index is 13.0. The van der Waals surface area contributed by atoms with Crippen LogP contribution in [0, 0.1) is 20.8 Å². The Morgan fingerprint density at radius 1 is 0.875 bits per heavy atom.